The Labute approximate surface area is 99.5 Å². The maximum atomic E-state index is 11.6. The molecule has 2 amide bonds. The van der Waals surface area contributed by atoms with E-state index in [-0.39, 0.29) is 18.9 Å². The second-order valence-corrected chi connectivity index (χ2v) is 4.05. The van der Waals surface area contributed by atoms with Crippen LogP contribution >= 0.6 is 0 Å². The number of rotatable bonds is 7. The van der Waals surface area contributed by atoms with E-state index >= 15 is 0 Å². The minimum atomic E-state index is -1.20. The Hall–Kier alpha value is -1.63. The van der Waals surface area contributed by atoms with Crippen molar-refractivity contribution in [3.8, 4) is 0 Å². The first kappa shape index (κ1) is 15.4. The SMILES string of the molecule is CC(N)C(C)C(=O)NC(CCC(N)=O)C(=O)O. The summed E-state index contributed by atoms with van der Waals surface area (Å²) >= 11 is 0. The van der Waals surface area contributed by atoms with E-state index in [1.807, 2.05) is 0 Å². The quantitative estimate of drug-likeness (QED) is 0.447. The van der Waals surface area contributed by atoms with E-state index in [9.17, 15) is 14.4 Å². The molecule has 0 bridgehead atoms. The predicted molar refractivity (Wildman–Crippen MR) is 60.8 cm³/mol. The van der Waals surface area contributed by atoms with Gasteiger partial charge in [0.15, 0.2) is 0 Å². The maximum absolute atomic E-state index is 11.6. The molecule has 0 rings (SSSR count). The molecule has 6 N–H and O–H groups in total. The number of carboxylic acid groups (broad SMARTS) is 1. The fourth-order valence-electron chi connectivity index (χ4n) is 1.09. The number of primary amides is 1. The Kier molecular flexibility index (Phi) is 6.19. The summed E-state index contributed by atoms with van der Waals surface area (Å²) in [4.78, 5) is 33.0. The molecule has 7 nitrogen and oxygen atoms in total. The Bertz CT molecular complexity index is 304. The third-order valence-corrected chi connectivity index (χ3v) is 2.50. The average molecular weight is 245 g/mol. The van der Waals surface area contributed by atoms with E-state index in [2.05, 4.69) is 5.32 Å². The van der Waals surface area contributed by atoms with Crippen LogP contribution < -0.4 is 16.8 Å². The molecule has 7 heteroatoms. The molecule has 3 atom stereocenters. The lowest BCUT2D eigenvalue weighted by atomic mass is 10.0. The Balaban J connectivity index is 4.39. The molecule has 3 unspecified atom stereocenters. The first-order valence-electron chi connectivity index (χ1n) is 5.32. The highest BCUT2D eigenvalue weighted by Crippen LogP contribution is 2.03. The number of amides is 2. The van der Waals surface area contributed by atoms with Crippen molar-refractivity contribution in [3.05, 3.63) is 0 Å². The van der Waals surface area contributed by atoms with Crippen molar-refractivity contribution in [2.75, 3.05) is 0 Å². The van der Waals surface area contributed by atoms with Gasteiger partial charge in [-0.1, -0.05) is 6.92 Å². The van der Waals surface area contributed by atoms with Crippen molar-refractivity contribution in [1.29, 1.82) is 0 Å². The monoisotopic (exact) mass is 245 g/mol. The fourth-order valence-corrected chi connectivity index (χ4v) is 1.09. The van der Waals surface area contributed by atoms with Gasteiger partial charge >= 0.3 is 5.97 Å². The molecular formula is C10H19N3O4. The third kappa shape index (κ3) is 5.86. The summed E-state index contributed by atoms with van der Waals surface area (Å²) in [7, 11) is 0. The summed E-state index contributed by atoms with van der Waals surface area (Å²) in [5, 5.41) is 11.2. The molecule has 0 aliphatic carbocycles. The third-order valence-electron chi connectivity index (χ3n) is 2.50. The standard InChI is InChI=1S/C10H19N3O4/c1-5(6(2)11)9(15)13-7(10(16)17)3-4-8(12)14/h5-7H,3-4,11H2,1-2H3,(H2,12,14)(H,13,15)(H,16,17). The molecule has 0 aromatic carbocycles. The van der Waals surface area contributed by atoms with Crippen LogP contribution in [0.2, 0.25) is 0 Å². The number of carbonyl (C=O) groups is 3. The van der Waals surface area contributed by atoms with Crippen molar-refractivity contribution in [1.82, 2.24) is 5.32 Å². The van der Waals surface area contributed by atoms with Crippen molar-refractivity contribution >= 4 is 17.8 Å². The van der Waals surface area contributed by atoms with Crippen LogP contribution in [0.1, 0.15) is 26.7 Å². The van der Waals surface area contributed by atoms with Gasteiger partial charge in [0.25, 0.3) is 0 Å². The molecule has 0 heterocycles. The fraction of sp³-hybridized carbons (Fsp3) is 0.700. The molecule has 0 saturated carbocycles. The summed E-state index contributed by atoms with van der Waals surface area (Å²) in [6.07, 6.45) is -0.119. The number of carboxylic acids is 1. The Morgan fingerprint density at radius 1 is 1.29 bits per heavy atom. The molecule has 0 saturated heterocycles. The topological polar surface area (TPSA) is 136 Å². The van der Waals surface area contributed by atoms with E-state index in [1.54, 1.807) is 13.8 Å². The number of hydrogen-bond acceptors (Lipinski definition) is 4. The number of carbonyl (C=O) groups excluding carboxylic acids is 2. The van der Waals surface area contributed by atoms with Crippen LogP contribution in [0.15, 0.2) is 0 Å². The lowest BCUT2D eigenvalue weighted by molar-refractivity contribution is -0.142. The van der Waals surface area contributed by atoms with Crippen LogP contribution in [-0.4, -0.2) is 35.0 Å². The van der Waals surface area contributed by atoms with Crippen molar-refractivity contribution in [2.45, 2.75) is 38.8 Å². The summed E-state index contributed by atoms with van der Waals surface area (Å²) in [6, 6.07) is -1.49. The van der Waals surface area contributed by atoms with Gasteiger partial charge in [0.1, 0.15) is 6.04 Å². The number of nitrogens with two attached hydrogens (primary N) is 2. The van der Waals surface area contributed by atoms with Gasteiger partial charge in [0, 0.05) is 18.4 Å². The highest BCUT2D eigenvalue weighted by molar-refractivity contribution is 5.85. The molecule has 0 aliphatic heterocycles. The molecule has 0 radical (unpaired) electrons. The van der Waals surface area contributed by atoms with Crippen molar-refractivity contribution in [2.24, 2.45) is 17.4 Å². The maximum Gasteiger partial charge on any atom is 0.326 e. The molecule has 98 valence electrons. The summed E-state index contributed by atoms with van der Waals surface area (Å²) in [5.74, 6) is -2.75. The number of nitrogens with one attached hydrogen (secondary N) is 1. The van der Waals surface area contributed by atoms with E-state index < -0.39 is 29.7 Å². The molecule has 17 heavy (non-hydrogen) atoms. The lowest BCUT2D eigenvalue weighted by Crippen LogP contribution is -2.46. The highest BCUT2D eigenvalue weighted by Gasteiger charge is 2.24. The average Bonchev–Trinajstić information content (AvgIpc) is 2.21. The van der Waals surface area contributed by atoms with Crippen molar-refractivity contribution in [3.63, 3.8) is 0 Å². The predicted octanol–water partition coefficient (Wildman–Crippen LogP) is -1.20. The molecule has 0 aliphatic rings. The number of aliphatic carboxylic acids is 1. The van der Waals surface area contributed by atoms with Gasteiger partial charge < -0.3 is 21.9 Å². The van der Waals surface area contributed by atoms with Crippen LogP contribution in [0, 0.1) is 5.92 Å². The van der Waals surface area contributed by atoms with E-state index in [0.717, 1.165) is 0 Å². The molecule has 0 spiro atoms. The van der Waals surface area contributed by atoms with Gasteiger partial charge in [-0.15, -0.1) is 0 Å². The van der Waals surface area contributed by atoms with Gasteiger partial charge in [0.05, 0.1) is 0 Å². The van der Waals surface area contributed by atoms with Gasteiger partial charge in [-0.2, -0.15) is 0 Å². The smallest absolute Gasteiger partial charge is 0.326 e. The van der Waals surface area contributed by atoms with Gasteiger partial charge in [0.2, 0.25) is 11.8 Å². The largest absolute Gasteiger partial charge is 0.480 e. The summed E-state index contributed by atoms with van der Waals surface area (Å²) < 4.78 is 0. The van der Waals surface area contributed by atoms with Gasteiger partial charge in [-0.25, -0.2) is 4.79 Å². The van der Waals surface area contributed by atoms with Crippen LogP contribution in [-0.2, 0) is 14.4 Å². The van der Waals surface area contributed by atoms with E-state index in [1.165, 1.54) is 0 Å². The first-order chi connectivity index (χ1) is 7.75. The zero-order chi connectivity index (χ0) is 13.6. The second-order valence-electron chi connectivity index (χ2n) is 4.05. The molecule has 0 fully saturated rings. The zero-order valence-corrected chi connectivity index (χ0v) is 9.97. The Morgan fingerprint density at radius 2 is 1.82 bits per heavy atom. The first-order valence-corrected chi connectivity index (χ1v) is 5.32. The van der Waals surface area contributed by atoms with Crippen LogP contribution in [0.5, 0.6) is 0 Å². The minimum absolute atomic E-state index is 0.0257. The second kappa shape index (κ2) is 6.85. The van der Waals surface area contributed by atoms with Gasteiger partial charge in [-0.3, -0.25) is 9.59 Å². The minimum Gasteiger partial charge on any atom is -0.480 e. The van der Waals surface area contributed by atoms with Gasteiger partial charge in [-0.05, 0) is 13.3 Å². The van der Waals surface area contributed by atoms with Crippen LogP contribution in [0.3, 0.4) is 0 Å². The highest BCUT2D eigenvalue weighted by atomic mass is 16.4. The van der Waals surface area contributed by atoms with Crippen LogP contribution in [0.25, 0.3) is 0 Å². The molecule has 0 aromatic rings. The molecule has 0 aromatic heterocycles. The summed E-state index contributed by atoms with van der Waals surface area (Å²) in [5.41, 5.74) is 10.4. The zero-order valence-electron chi connectivity index (χ0n) is 9.97. The van der Waals surface area contributed by atoms with E-state index in [4.69, 9.17) is 16.6 Å². The summed E-state index contributed by atoms with van der Waals surface area (Å²) in [6.45, 7) is 3.26. The number of hydrogen-bond donors (Lipinski definition) is 4. The van der Waals surface area contributed by atoms with Crippen LogP contribution in [0.4, 0.5) is 0 Å². The lowest BCUT2D eigenvalue weighted by Gasteiger charge is -2.19. The molecular weight excluding hydrogens is 226 g/mol. The normalized spacial score (nSPS) is 15.7. The Morgan fingerprint density at radius 3 is 2.18 bits per heavy atom. The van der Waals surface area contributed by atoms with Crippen molar-refractivity contribution < 1.29 is 19.5 Å². The van der Waals surface area contributed by atoms with E-state index in [0.29, 0.717) is 0 Å².